The minimum Gasteiger partial charge on any atom is -0.494 e. The highest BCUT2D eigenvalue weighted by atomic mass is 16.5. The zero-order chi connectivity index (χ0) is 60.2. The molecule has 0 spiro atoms. The Kier molecular flexibility index (Phi) is 25.6. The third-order valence-corrected chi connectivity index (χ3v) is 21.0. The fraction of sp³-hybridized carbons (Fsp3) is 0.680. The van der Waals surface area contributed by atoms with Gasteiger partial charge in [0.15, 0.2) is 0 Å². The lowest BCUT2D eigenvalue weighted by molar-refractivity contribution is -0.0592. The quantitative estimate of drug-likeness (QED) is 0.0394. The molecule has 0 aromatic heterocycles. The van der Waals surface area contributed by atoms with Crippen molar-refractivity contribution in [3.8, 4) is 34.5 Å². The van der Waals surface area contributed by atoms with Crippen LogP contribution in [0.3, 0.4) is 0 Å². The van der Waals surface area contributed by atoms with Gasteiger partial charge in [0.2, 0.25) is 0 Å². The number of rotatable bonds is 42. The lowest BCUT2D eigenvalue weighted by Crippen LogP contribution is -2.33. The van der Waals surface area contributed by atoms with Gasteiger partial charge >= 0.3 is 0 Å². The van der Waals surface area contributed by atoms with Crippen LogP contribution in [0.15, 0.2) is 84.9 Å². The van der Waals surface area contributed by atoms with Crippen LogP contribution in [0.25, 0.3) is 0 Å². The lowest BCUT2D eigenvalue weighted by Gasteiger charge is -2.32. The van der Waals surface area contributed by atoms with E-state index in [0.717, 1.165) is 208 Å². The van der Waals surface area contributed by atoms with E-state index in [2.05, 4.69) is 126 Å². The SMILES string of the molecule is CC(CCCOc1ccc(OCCCC(C)C2COC2)c(C(CC(c2cc(OCCCC(C)C3COC3)ccc2OCCCC(C)C2COC2)c2cc(OCCCC(C)C3COC3)ccc2OCCCC(C)C2COC2)c2ccccc2)c1)C1COC1. The molecule has 0 amide bonds. The Morgan fingerprint density at radius 2 is 0.563 bits per heavy atom. The number of benzene rings is 4. The molecular weight excluding hydrogens is 1090 g/mol. The first-order chi connectivity index (χ1) is 42.6. The largest absolute Gasteiger partial charge is 0.494 e. The van der Waals surface area contributed by atoms with Crippen molar-refractivity contribution in [2.45, 2.75) is 137 Å². The highest BCUT2D eigenvalue weighted by Crippen LogP contribution is 2.49. The predicted molar refractivity (Wildman–Crippen MR) is 343 cm³/mol. The second kappa shape index (κ2) is 34.0. The molecule has 10 rings (SSSR count). The van der Waals surface area contributed by atoms with Crippen LogP contribution < -0.4 is 28.4 Å². The normalized spacial score (nSPS) is 20.4. The maximum absolute atomic E-state index is 7.14. The number of hydrogen-bond donors (Lipinski definition) is 0. The third-order valence-electron chi connectivity index (χ3n) is 21.0. The molecule has 87 heavy (non-hydrogen) atoms. The van der Waals surface area contributed by atoms with E-state index >= 15 is 0 Å². The Bertz CT molecular complexity index is 2500. The van der Waals surface area contributed by atoms with Crippen molar-refractivity contribution in [2.24, 2.45) is 71.0 Å². The summed E-state index contributed by atoms with van der Waals surface area (Å²) in [6.07, 6.45) is 13.0. The van der Waals surface area contributed by atoms with Gasteiger partial charge in [-0.25, -0.2) is 0 Å². The Balaban J connectivity index is 1.02. The second-order valence-corrected chi connectivity index (χ2v) is 27.4. The van der Waals surface area contributed by atoms with Gasteiger partial charge in [-0.2, -0.15) is 0 Å². The molecule has 0 radical (unpaired) electrons. The molecule has 0 saturated carbocycles. The fourth-order valence-corrected chi connectivity index (χ4v) is 13.3. The fourth-order valence-electron chi connectivity index (χ4n) is 13.3. The maximum Gasteiger partial charge on any atom is 0.123 e. The Labute approximate surface area is 523 Å². The summed E-state index contributed by atoms with van der Waals surface area (Å²) in [5.74, 6) is 12.0. The first-order valence-corrected chi connectivity index (χ1v) is 34.3. The lowest BCUT2D eigenvalue weighted by atomic mass is 9.77. The van der Waals surface area contributed by atoms with Crippen LogP contribution in [0.1, 0.15) is 159 Å². The molecule has 0 N–H and O–H groups in total. The van der Waals surface area contributed by atoms with Crippen LogP contribution in [0.5, 0.6) is 34.5 Å². The van der Waals surface area contributed by atoms with Crippen molar-refractivity contribution in [3.05, 3.63) is 107 Å². The van der Waals surface area contributed by atoms with E-state index in [1.807, 2.05) is 0 Å². The summed E-state index contributed by atoms with van der Waals surface area (Å²) in [7, 11) is 0. The van der Waals surface area contributed by atoms with Crippen molar-refractivity contribution < 1.29 is 56.8 Å². The zero-order valence-electron chi connectivity index (χ0n) is 54.0. The van der Waals surface area contributed by atoms with Crippen molar-refractivity contribution in [3.63, 3.8) is 0 Å². The summed E-state index contributed by atoms with van der Waals surface area (Å²) < 4.78 is 75.4. The van der Waals surface area contributed by atoms with Crippen molar-refractivity contribution >= 4 is 0 Å². The van der Waals surface area contributed by atoms with Gasteiger partial charge in [0.1, 0.15) is 34.5 Å². The molecule has 7 unspecified atom stereocenters. The van der Waals surface area contributed by atoms with Crippen LogP contribution >= 0.6 is 0 Å². The van der Waals surface area contributed by atoms with E-state index in [1.54, 1.807) is 0 Å². The van der Waals surface area contributed by atoms with Crippen molar-refractivity contribution in [1.29, 1.82) is 0 Å². The van der Waals surface area contributed by atoms with Gasteiger partial charge in [0.05, 0.1) is 119 Å². The van der Waals surface area contributed by atoms with Crippen LogP contribution in [-0.2, 0) is 28.4 Å². The molecule has 0 bridgehead atoms. The summed E-state index contributed by atoms with van der Waals surface area (Å²) in [5, 5.41) is 0. The summed E-state index contributed by atoms with van der Waals surface area (Å²) >= 11 is 0. The molecule has 6 heterocycles. The smallest absolute Gasteiger partial charge is 0.123 e. The maximum atomic E-state index is 7.14. The van der Waals surface area contributed by atoms with E-state index in [0.29, 0.717) is 117 Å². The van der Waals surface area contributed by atoms with Crippen LogP contribution in [-0.4, -0.2) is 119 Å². The molecule has 6 aliphatic heterocycles. The first-order valence-electron chi connectivity index (χ1n) is 34.3. The number of ether oxygens (including phenoxy) is 12. The predicted octanol–water partition coefficient (Wildman–Crippen LogP) is 15.7. The van der Waals surface area contributed by atoms with Crippen LogP contribution in [0.4, 0.5) is 0 Å². The van der Waals surface area contributed by atoms with Gasteiger partial charge in [-0.1, -0.05) is 71.9 Å². The van der Waals surface area contributed by atoms with Gasteiger partial charge in [0.25, 0.3) is 0 Å². The van der Waals surface area contributed by atoms with E-state index in [9.17, 15) is 0 Å². The topological polar surface area (TPSA) is 111 Å². The average Bonchev–Trinajstić information content (AvgIpc) is 1.14. The molecule has 6 saturated heterocycles. The minimum atomic E-state index is -0.262. The van der Waals surface area contributed by atoms with Gasteiger partial charge < -0.3 is 56.8 Å². The summed E-state index contributed by atoms with van der Waals surface area (Å²) in [4.78, 5) is 0. The molecule has 6 fully saturated rings. The Hall–Kier alpha value is -4.56. The molecule has 6 aliphatic rings. The first kappa shape index (κ1) is 65.4. The van der Waals surface area contributed by atoms with Gasteiger partial charge in [-0.05, 0) is 179 Å². The van der Waals surface area contributed by atoms with Gasteiger partial charge in [-0.3, -0.25) is 0 Å². The van der Waals surface area contributed by atoms with Gasteiger partial charge in [0, 0.05) is 64.0 Å². The molecule has 480 valence electrons. The van der Waals surface area contributed by atoms with Crippen LogP contribution in [0, 0.1) is 71.0 Å². The molecule has 12 nitrogen and oxygen atoms in total. The molecule has 7 atom stereocenters. The zero-order valence-corrected chi connectivity index (χ0v) is 54.0. The Morgan fingerprint density at radius 3 is 0.816 bits per heavy atom. The summed E-state index contributed by atoms with van der Waals surface area (Å²) in [5.41, 5.74) is 4.44. The minimum absolute atomic E-state index is 0.153. The average molecular weight is 1200 g/mol. The van der Waals surface area contributed by atoms with E-state index in [1.165, 1.54) is 5.56 Å². The standard InChI is InChI=1S/C75H108O12/c1-52(59-40-76-41-59)16-10-30-82-65-24-27-73(85-33-13-19-55(4)62-46-79-47-62)70(36-65)68(58-22-8-7-9-23-58)39-69(71-37-66(83-31-11-17-53(2)60-42-77-43-60)25-28-74(71)86-34-14-20-56(5)63-48-80-49-63)72-38-67(84-32-12-18-54(3)61-44-78-45-61)26-29-75(72)87-35-15-21-57(6)64-50-81-51-64/h7-9,22-29,36-38,52-57,59-64,68-69H,10-21,30-35,39-51H2,1-6H3. The Morgan fingerprint density at radius 1 is 0.310 bits per heavy atom. The van der Waals surface area contributed by atoms with E-state index in [-0.39, 0.29) is 11.8 Å². The summed E-state index contributed by atoms with van der Waals surface area (Å²) in [6, 6.07) is 30.8. The number of hydrogen-bond acceptors (Lipinski definition) is 12. The van der Waals surface area contributed by atoms with Crippen LogP contribution in [0.2, 0.25) is 0 Å². The second-order valence-electron chi connectivity index (χ2n) is 27.4. The molecule has 4 aromatic carbocycles. The molecule has 4 aromatic rings. The molecule has 12 heteroatoms. The molecular formula is C75H108O12. The highest BCUT2D eigenvalue weighted by Gasteiger charge is 2.33. The highest BCUT2D eigenvalue weighted by molar-refractivity contribution is 5.54. The monoisotopic (exact) mass is 1200 g/mol. The van der Waals surface area contributed by atoms with E-state index < -0.39 is 0 Å². The van der Waals surface area contributed by atoms with E-state index in [4.69, 9.17) is 56.8 Å². The van der Waals surface area contributed by atoms with Gasteiger partial charge in [-0.15, -0.1) is 0 Å². The third kappa shape index (κ3) is 19.0. The van der Waals surface area contributed by atoms with Crippen molar-refractivity contribution in [1.82, 2.24) is 0 Å². The van der Waals surface area contributed by atoms with Crippen molar-refractivity contribution in [2.75, 3.05) is 119 Å². The summed E-state index contributed by atoms with van der Waals surface area (Å²) in [6.45, 7) is 28.2. The molecule has 0 aliphatic carbocycles.